The minimum Gasteiger partial charge on any atom is -0.456 e. The second-order valence-electron chi connectivity index (χ2n) is 15.9. The maximum absolute atomic E-state index is 6.24. The molecule has 12 rings (SSSR count). The molecule has 1 nitrogen and oxygen atoms in total. The van der Waals surface area contributed by atoms with Gasteiger partial charge in [0.2, 0.25) is 0 Å². The fraction of sp³-hybridized carbons (Fsp3) is 0.0545. The molecule has 1 aliphatic carbocycles. The van der Waals surface area contributed by atoms with Crippen LogP contribution in [0.5, 0.6) is 0 Å². The zero-order chi connectivity index (χ0) is 37.1. The van der Waals surface area contributed by atoms with Crippen LogP contribution in [0.1, 0.15) is 25.0 Å². The summed E-state index contributed by atoms with van der Waals surface area (Å²) in [6, 6.07) is 67.1. The number of benzene rings is 10. The van der Waals surface area contributed by atoms with Crippen LogP contribution in [0.15, 0.2) is 186 Å². The molecule has 56 heavy (non-hydrogen) atoms. The van der Waals surface area contributed by atoms with Crippen LogP contribution in [0.25, 0.3) is 110 Å². The standard InChI is InChI=1S/C55H36O/c1-55(2)47-27-14-26-36(52(47)53-40-20-5-3-17-37(40)38-18-4-10-25-45(38)54(53)55)33-15-13-16-34(31-33)50-41-21-6-8-23-43(41)51(44-24-9-7-22-42(44)50)35-29-30-49-46(32-35)39-19-11-12-28-48(39)56-49/h3-32H,1-2H3. The molecule has 262 valence electrons. The first kappa shape index (κ1) is 31.4. The van der Waals surface area contributed by atoms with Crippen molar-refractivity contribution >= 4 is 65.0 Å². The van der Waals surface area contributed by atoms with Crippen molar-refractivity contribution in [1.82, 2.24) is 0 Å². The summed E-state index contributed by atoms with van der Waals surface area (Å²) in [7, 11) is 0. The molecule has 0 saturated heterocycles. The van der Waals surface area contributed by atoms with Gasteiger partial charge < -0.3 is 4.42 Å². The third-order valence-corrected chi connectivity index (χ3v) is 12.6. The molecule has 10 aromatic carbocycles. The van der Waals surface area contributed by atoms with Crippen molar-refractivity contribution in [2.45, 2.75) is 19.3 Å². The van der Waals surface area contributed by atoms with Crippen LogP contribution in [-0.4, -0.2) is 0 Å². The highest BCUT2D eigenvalue weighted by Gasteiger charge is 2.39. The van der Waals surface area contributed by atoms with Gasteiger partial charge in [-0.05, 0) is 123 Å². The molecular weight excluding hydrogens is 677 g/mol. The molecule has 1 aromatic heterocycles. The van der Waals surface area contributed by atoms with Crippen molar-refractivity contribution < 1.29 is 4.42 Å². The van der Waals surface area contributed by atoms with Crippen molar-refractivity contribution in [2.24, 2.45) is 0 Å². The van der Waals surface area contributed by atoms with Gasteiger partial charge in [0.1, 0.15) is 11.2 Å². The first-order valence-corrected chi connectivity index (χ1v) is 19.6. The van der Waals surface area contributed by atoms with Crippen LogP contribution < -0.4 is 0 Å². The molecule has 1 heterocycles. The largest absolute Gasteiger partial charge is 0.456 e. The zero-order valence-corrected chi connectivity index (χ0v) is 31.2. The quantitative estimate of drug-likeness (QED) is 0.131. The summed E-state index contributed by atoms with van der Waals surface area (Å²) in [5, 5.41) is 12.6. The molecule has 0 amide bonds. The SMILES string of the molecule is CC1(C)c2cccc(-c3cccc(-c4c5ccccc5c(-c5ccc6oc7ccccc7c6c5)c5ccccc45)c3)c2-c2c1c1ccccc1c1ccccc21. The van der Waals surface area contributed by atoms with Crippen molar-refractivity contribution in [2.75, 3.05) is 0 Å². The molecule has 0 unspecified atom stereocenters. The highest BCUT2D eigenvalue weighted by atomic mass is 16.3. The monoisotopic (exact) mass is 712 g/mol. The number of rotatable bonds is 3. The van der Waals surface area contributed by atoms with Gasteiger partial charge in [-0.1, -0.05) is 172 Å². The van der Waals surface area contributed by atoms with Gasteiger partial charge in [0.15, 0.2) is 0 Å². The Bertz CT molecular complexity index is 3390. The third-order valence-electron chi connectivity index (χ3n) is 12.6. The van der Waals surface area contributed by atoms with E-state index < -0.39 is 0 Å². The lowest BCUT2D eigenvalue weighted by atomic mass is 9.79. The van der Waals surface area contributed by atoms with Crippen LogP contribution in [-0.2, 0) is 5.41 Å². The van der Waals surface area contributed by atoms with Gasteiger partial charge in [0, 0.05) is 16.2 Å². The molecule has 11 aromatic rings. The van der Waals surface area contributed by atoms with E-state index in [1.54, 1.807) is 0 Å². The smallest absolute Gasteiger partial charge is 0.135 e. The number of hydrogen-bond acceptors (Lipinski definition) is 1. The first-order chi connectivity index (χ1) is 27.6. The molecular formula is C55H36O. The lowest BCUT2D eigenvalue weighted by Crippen LogP contribution is -2.15. The van der Waals surface area contributed by atoms with Gasteiger partial charge in [-0.25, -0.2) is 0 Å². The minimum atomic E-state index is -0.157. The summed E-state index contributed by atoms with van der Waals surface area (Å²) >= 11 is 0. The molecule has 1 aliphatic rings. The van der Waals surface area contributed by atoms with Crippen molar-refractivity contribution in [3.8, 4) is 44.5 Å². The number of fused-ring (bicyclic) bond motifs is 13. The van der Waals surface area contributed by atoms with Gasteiger partial charge in [0.25, 0.3) is 0 Å². The molecule has 0 saturated carbocycles. The maximum atomic E-state index is 6.24. The van der Waals surface area contributed by atoms with Crippen LogP contribution >= 0.6 is 0 Å². The Hall–Kier alpha value is -6.96. The predicted molar refractivity (Wildman–Crippen MR) is 238 cm³/mol. The van der Waals surface area contributed by atoms with Gasteiger partial charge in [-0.2, -0.15) is 0 Å². The molecule has 1 heteroatoms. The van der Waals surface area contributed by atoms with Gasteiger partial charge in [-0.3, -0.25) is 0 Å². The number of hydrogen-bond donors (Lipinski definition) is 0. The zero-order valence-electron chi connectivity index (χ0n) is 31.2. The lowest BCUT2D eigenvalue weighted by Gasteiger charge is -2.24. The summed E-state index contributed by atoms with van der Waals surface area (Å²) in [5.74, 6) is 0. The van der Waals surface area contributed by atoms with E-state index in [4.69, 9.17) is 4.42 Å². The van der Waals surface area contributed by atoms with Crippen LogP contribution in [0.4, 0.5) is 0 Å². The van der Waals surface area contributed by atoms with Crippen LogP contribution in [0, 0.1) is 0 Å². The van der Waals surface area contributed by atoms with Crippen molar-refractivity contribution in [3.63, 3.8) is 0 Å². The summed E-state index contributed by atoms with van der Waals surface area (Å²) < 4.78 is 6.24. The molecule has 0 bridgehead atoms. The Labute approximate surface area is 325 Å². The lowest BCUT2D eigenvalue weighted by molar-refractivity contribution is 0.666. The average Bonchev–Trinajstić information content (AvgIpc) is 3.74. The maximum Gasteiger partial charge on any atom is 0.135 e. The highest BCUT2D eigenvalue weighted by molar-refractivity contribution is 6.23. The van der Waals surface area contributed by atoms with E-state index in [2.05, 4.69) is 190 Å². The molecule has 0 spiro atoms. The topological polar surface area (TPSA) is 13.1 Å². The van der Waals surface area contributed by atoms with E-state index in [-0.39, 0.29) is 5.41 Å². The van der Waals surface area contributed by atoms with Crippen LogP contribution in [0.2, 0.25) is 0 Å². The second-order valence-corrected chi connectivity index (χ2v) is 15.9. The molecule has 0 atom stereocenters. The molecule has 0 fully saturated rings. The molecule has 0 N–H and O–H groups in total. The van der Waals surface area contributed by atoms with Gasteiger partial charge >= 0.3 is 0 Å². The number of furan rings is 1. The predicted octanol–water partition coefficient (Wildman–Crippen LogP) is 15.5. The molecule has 0 aliphatic heterocycles. The summed E-state index contributed by atoms with van der Waals surface area (Å²) in [6.45, 7) is 4.82. The van der Waals surface area contributed by atoms with E-state index in [1.807, 2.05) is 6.07 Å². The summed E-state index contributed by atoms with van der Waals surface area (Å²) in [5.41, 5.74) is 14.7. The van der Waals surface area contributed by atoms with E-state index in [9.17, 15) is 0 Å². The van der Waals surface area contributed by atoms with E-state index in [0.29, 0.717) is 0 Å². The van der Waals surface area contributed by atoms with Gasteiger partial charge in [-0.15, -0.1) is 0 Å². The third kappa shape index (κ3) is 4.26. The van der Waals surface area contributed by atoms with Crippen LogP contribution in [0.3, 0.4) is 0 Å². The Kier molecular flexibility index (Phi) is 6.46. The van der Waals surface area contributed by atoms with Crippen molar-refractivity contribution in [3.05, 3.63) is 193 Å². The van der Waals surface area contributed by atoms with E-state index in [1.165, 1.54) is 98.7 Å². The Morgan fingerprint density at radius 2 is 0.804 bits per heavy atom. The highest BCUT2D eigenvalue weighted by Crippen LogP contribution is 2.57. The van der Waals surface area contributed by atoms with E-state index in [0.717, 1.165) is 21.9 Å². The second kappa shape index (κ2) is 11.5. The fourth-order valence-electron chi connectivity index (χ4n) is 10.2. The minimum absolute atomic E-state index is 0.157. The Morgan fingerprint density at radius 1 is 0.321 bits per heavy atom. The van der Waals surface area contributed by atoms with E-state index >= 15 is 0 Å². The summed E-state index contributed by atoms with van der Waals surface area (Å²) in [6.07, 6.45) is 0. The Balaban J connectivity index is 1.10. The fourth-order valence-corrected chi connectivity index (χ4v) is 10.2. The van der Waals surface area contributed by atoms with Gasteiger partial charge in [0.05, 0.1) is 0 Å². The normalized spacial score (nSPS) is 13.3. The Morgan fingerprint density at radius 3 is 1.46 bits per heavy atom. The number of para-hydroxylation sites is 1. The molecule has 0 radical (unpaired) electrons. The average molecular weight is 713 g/mol. The summed E-state index contributed by atoms with van der Waals surface area (Å²) in [4.78, 5) is 0. The first-order valence-electron chi connectivity index (χ1n) is 19.6. The van der Waals surface area contributed by atoms with Crippen molar-refractivity contribution in [1.29, 1.82) is 0 Å².